The maximum Gasteiger partial charge on any atom is 0.291 e. The van der Waals surface area contributed by atoms with Gasteiger partial charge in [0.05, 0.1) is 0 Å². The first kappa shape index (κ1) is 17.4. The van der Waals surface area contributed by atoms with Crippen molar-refractivity contribution in [2.75, 3.05) is 13.1 Å². The highest BCUT2D eigenvalue weighted by molar-refractivity contribution is 5.90. The number of carbonyl (C=O) groups excluding carboxylic acids is 1. The highest BCUT2D eigenvalue weighted by Crippen LogP contribution is 2.33. The van der Waals surface area contributed by atoms with Gasteiger partial charge in [-0.3, -0.25) is 9.89 Å². The molecule has 1 fully saturated rings. The Labute approximate surface area is 146 Å². The monoisotopic (exact) mass is 346 g/mol. The van der Waals surface area contributed by atoms with E-state index in [4.69, 9.17) is 4.74 Å². The van der Waals surface area contributed by atoms with E-state index in [1.54, 1.807) is 11.0 Å². The van der Waals surface area contributed by atoms with Gasteiger partial charge in [-0.25, -0.2) is 9.37 Å². The predicted molar refractivity (Wildman–Crippen MR) is 91.0 cm³/mol. The van der Waals surface area contributed by atoms with E-state index in [2.05, 4.69) is 15.2 Å². The third-order valence-corrected chi connectivity index (χ3v) is 4.39. The van der Waals surface area contributed by atoms with Crippen LogP contribution in [0, 0.1) is 5.82 Å². The van der Waals surface area contributed by atoms with Crippen molar-refractivity contribution in [3.05, 3.63) is 41.7 Å². The predicted octanol–water partition coefficient (Wildman–Crippen LogP) is 2.92. The Hall–Kier alpha value is -2.44. The van der Waals surface area contributed by atoms with E-state index in [0.29, 0.717) is 18.8 Å². The maximum atomic E-state index is 13.6. The van der Waals surface area contributed by atoms with Crippen molar-refractivity contribution >= 4 is 5.91 Å². The SMILES string of the molecule is CC(C)(C)c1cc(F)ccc1OC1CCN(C(=O)c2ncn[nH]2)CC1. The smallest absolute Gasteiger partial charge is 0.291 e. The van der Waals surface area contributed by atoms with Crippen molar-refractivity contribution in [1.82, 2.24) is 20.1 Å². The fourth-order valence-corrected chi connectivity index (χ4v) is 3.01. The molecule has 0 saturated carbocycles. The lowest BCUT2D eigenvalue weighted by Crippen LogP contribution is -2.42. The van der Waals surface area contributed by atoms with Crippen LogP contribution in [0.1, 0.15) is 49.8 Å². The molecule has 1 saturated heterocycles. The zero-order chi connectivity index (χ0) is 18.0. The molecule has 2 heterocycles. The summed E-state index contributed by atoms with van der Waals surface area (Å²) in [5.41, 5.74) is 0.646. The number of hydrogen-bond donors (Lipinski definition) is 1. The minimum atomic E-state index is -0.259. The van der Waals surface area contributed by atoms with Gasteiger partial charge < -0.3 is 9.64 Å². The Bertz CT molecular complexity index is 732. The summed E-state index contributed by atoms with van der Waals surface area (Å²) in [5.74, 6) is 0.569. The zero-order valence-corrected chi connectivity index (χ0v) is 14.8. The normalized spacial score (nSPS) is 16.1. The second kappa shape index (κ2) is 6.82. The van der Waals surface area contributed by atoms with E-state index in [1.807, 2.05) is 20.8 Å². The van der Waals surface area contributed by atoms with Gasteiger partial charge in [0, 0.05) is 31.5 Å². The summed E-state index contributed by atoms with van der Waals surface area (Å²) in [6.07, 6.45) is 2.78. The van der Waals surface area contributed by atoms with Gasteiger partial charge in [-0.2, -0.15) is 5.10 Å². The molecule has 0 atom stereocenters. The largest absolute Gasteiger partial charge is 0.490 e. The van der Waals surface area contributed by atoms with E-state index in [1.165, 1.54) is 18.5 Å². The molecule has 1 aromatic carbocycles. The summed E-state index contributed by atoms with van der Waals surface area (Å²) in [5, 5.41) is 6.31. The van der Waals surface area contributed by atoms with Crippen LogP contribution in [0.3, 0.4) is 0 Å². The molecule has 7 heteroatoms. The van der Waals surface area contributed by atoms with Crippen molar-refractivity contribution < 1.29 is 13.9 Å². The Morgan fingerprint density at radius 1 is 1.32 bits per heavy atom. The van der Waals surface area contributed by atoms with E-state index in [9.17, 15) is 9.18 Å². The first-order chi connectivity index (χ1) is 11.8. The topological polar surface area (TPSA) is 71.1 Å². The van der Waals surface area contributed by atoms with E-state index in [-0.39, 0.29) is 29.1 Å². The molecule has 1 aliphatic rings. The molecule has 0 unspecified atom stereocenters. The Morgan fingerprint density at radius 3 is 2.64 bits per heavy atom. The first-order valence-corrected chi connectivity index (χ1v) is 8.46. The highest BCUT2D eigenvalue weighted by Gasteiger charge is 2.28. The van der Waals surface area contributed by atoms with Crippen LogP contribution in [-0.2, 0) is 5.41 Å². The maximum absolute atomic E-state index is 13.6. The van der Waals surface area contributed by atoms with Crippen molar-refractivity contribution in [3.8, 4) is 5.75 Å². The van der Waals surface area contributed by atoms with Crippen LogP contribution in [0.2, 0.25) is 0 Å². The Morgan fingerprint density at radius 2 is 2.04 bits per heavy atom. The second-order valence-corrected chi connectivity index (χ2v) is 7.33. The molecule has 25 heavy (non-hydrogen) atoms. The molecule has 6 nitrogen and oxygen atoms in total. The van der Waals surface area contributed by atoms with Gasteiger partial charge in [0.2, 0.25) is 5.82 Å². The lowest BCUT2D eigenvalue weighted by Gasteiger charge is -2.33. The minimum absolute atomic E-state index is 0.00494. The van der Waals surface area contributed by atoms with Crippen LogP contribution in [0.25, 0.3) is 0 Å². The number of carbonyl (C=O) groups is 1. The van der Waals surface area contributed by atoms with Crippen LogP contribution in [0.15, 0.2) is 24.5 Å². The number of hydrogen-bond acceptors (Lipinski definition) is 4. The summed E-state index contributed by atoms with van der Waals surface area (Å²) in [6, 6.07) is 4.66. The molecule has 3 rings (SSSR count). The molecule has 2 aromatic rings. The van der Waals surface area contributed by atoms with Crippen LogP contribution in [-0.4, -0.2) is 45.2 Å². The zero-order valence-electron chi connectivity index (χ0n) is 14.8. The van der Waals surface area contributed by atoms with Gasteiger partial charge >= 0.3 is 0 Å². The molecule has 0 bridgehead atoms. The number of piperidine rings is 1. The standard InChI is InChI=1S/C18H23FN4O2/c1-18(2,3)14-10-12(19)4-5-15(14)25-13-6-8-23(9-7-13)17(24)16-20-11-21-22-16/h4-5,10-11,13H,6-9H2,1-3H3,(H,20,21,22). The Balaban J connectivity index is 1.64. The van der Waals surface area contributed by atoms with Gasteiger partial charge in [0.1, 0.15) is 24.0 Å². The number of halogens is 1. The Kier molecular flexibility index (Phi) is 4.74. The van der Waals surface area contributed by atoms with Crippen LogP contribution >= 0.6 is 0 Å². The van der Waals surface area contributed by atoms with Crippen LogP contribution < -0.4 is 4.74 Å². The molecular weight excluding hydrogens is 323 g/mol. The van der Waals surface area contributed by atoms with Crippen molar-refractivity contribution in [3.63, 3.8) is 0 Å². The van der Waals surface area contributed by atoms with Gasteiger partial charge in [0.25, 0.3) is 5.91 Å². The molecule has 0 spiro atoms. The number of amides is 1. The molecule has 1 N–H and O–H groups in total. The molecule has 1 aromatic heterocycles. The summed E-state index contributed by atoms with van der Waals surface area (Å²) in [4.78, 5) is 17.9. The molecule has 0 radical (unpaired) electrons. The van der Waals surface area contributed by atoms with Crippen molar-refractivity contribution in [2.45, 2.75) is 45.1 Å². The quantitative estimate of drug-likeness (QED) is 0.928. The average molecular weight is 346 g/mol. The summed E-state index contributed by atoms with van der Waals surface area (Å²) >= 11 is 0. The van der Waals surface area contributed by atoms with Crippen molar-refractivity contribution in [2.24, 2.45) is 0 Å². The molecule has 1 amide bonds. The third-order valence-electron chi connectivity index (χ3n) is 4.39. The first-order valence-electron chi connectivity index (χ1n) is 8.46. The number of aromatic amines is 1. The number of nitrogens with zero attached hydrogens (tertiary/aromatic N) is 3. The molecule has 0 aliphatic carbocycles. The molecule has 134 valence electrons. The van der Waals surface area contributed by atoms with Gasteiger partial charge in [-0.15, -0.1) is 0 Å². The average Bonchev–Trinajstić information content (AvgIpc) is 3.10. The van der Waals surface area contributed by atoms with Gasteiger partial charge in [-0.05, 0) is 23.6 Å². The number of likely N-dealkylation sites (tertiary alicyclic amines) is 1. The number of rotatable bonds is 3. The summed E-state index contributed by atoms with van der Waals surface area (Å²) in [6.45, 7) is 7.29. The molecule has 1 aliphatic heterocycles. The highest BCUT2D eigenvalue weighted by atomic mass is 19.1. The number of nitrogens with one attached hydrogen (secondary N) is 1. The number of aromatic nitrogens is 3. The van der Waals surface area contributed by atoms with Crippen molar-refractivity contribution in [1.29, 1.82) is 0 Å². The number of ether oxygens (including phenoxy) is 1. The van der Waals surface area contributed by atoms with Crippen LogP contribution in [0.5, 0.6) is 5.75 Å². The minimum Gasteiger partial charge on any atom is -0.490 e. The number of benzene rings is 1. The fraction of sp³-hybridized carbons (Fsp3) is 0.500. The van der Waals surface area contributed by atoms with Gasteiger partial charge in [-0.1, -0.05) is 20.8 Å². The van der Waals surface area contributed by atoms with E-state index < -0.39 is 0 Å². The van der Waals surface area contributed by atoms with E-state index >= 15 is 0 Å². The molecular formula is C18H23FN4O2. The van der Waals surface area contributed by atoms with E-state index in [0.717, 1.165) is 18.4 Å². The summed E-state index contributed by atoms with van der Waals surface area (Å²) < 4.78 is 19.8. The summed E-state index contributed by atoms with van der Waals surface area (Å²) in [7, 11) is 0. The number of H-pyrrole nitrogens is 1. The second-order valence-electron chi connectivity index (χ2n) is 7.33. The lowest BCUT2D eigenvalue weighted by molar-refractivity contribution is 0.0581. The third kappa shape index (κ3) is 3.97. The fourth-order valence-electron chi connectivity index (χ4n) is 3.01. The van der Waals surface area contributed by atoms with Crippen LogP contribution in [0.4, 0.5) is 4.39 Å². The van der Waals surface area contributed by atoms with Gasteiger partial charge in [0.15, 0.2) is 0 Å². The lowest BCUT2D eigenvalue weighted by atomic mass is 9.86.